The van der Waals surface area contributed by atoms with Gasteiger partial charge in [0.25, 0.3) is 0 Å². The smallest absolute Gasteiger partial charge is 0.222 e. The lowest BCUT2D eigenvalue weighted by Gasteiger charge is -2.20. The molecule has 1 saturated heterocycles. The van der Waals surface area contributed by atoms with Gasteiger partial charge < -0.3 is 21.3 Å². The van der Waals surface area contributed by atoms with Crippen molar-refractivity contribution in [3.05, 3.63) is 35.6 Å². The molecule has 1 fully saturated rings. The van der Waals surface area contributed by atoms with Gasteiger partial charge in [0.2, 0.25) is 11.8 Å². The second-order valence-electron chi connectivity index (χ2n) is 6.71. The van der Waals surface area contributed by atoms with Crippen LogP contribution in [-0.4, -0.2) is 55.4 Å². The van der Waals surface area contributed by atoms with Gasteiger partial charge in [0.1, 0.15) is 5.82 Å². The van der Waals surface area contributed by atoms with Gasteiger partial charge in [-0.1, -0.05) is 19.1 Å². The molecule has 1 heterocycles. The highest BCUT2D eigenvalue weighted by molar-refractivity contribution is 14.0. The second-order valence-corrected chi connectivity index (χ2v) is 6.71. The molecule has 1 aromatic rings. The maximum absolute atomic E-state index is 13.0. The standard InChI is InChI=1S/C19H28FN5O2.HI/c1-3-17(26)25-9-8-16(12-25)24-19(22-2)23-11-14(18(21)27)10-13-4-6-15(20)7-5-13;/h4-7,14,16H,3,8-12H2,1-2H3,(H2,21,27)(H2,22,23,24);1H. The Morgan fingerprint density at radius 3 is 2.61 bits per heavy atom. The number of nitrogens with one attached hydrogen (secondary N) is 2. The zero-order valence-corrected chi connectivity index (χ0v) is 18.6. The highest BCUT2D eigenvalue weighted by atomic mass is 127. The molecule has 0 aliphatic carbocycles. The minimum Gasteiger partial charge on any atom is -0.369 e. The van der Waals surface area contributed by atoms with Crippen molar-refractivity contribution in [1.82, 2.24) is 15.5 Å². The number of primary amides is 1. The van der Waals surface area contributed by atoms with Crippen molar-refractivity contribution in [2.24, 2.45) is 16.6 Å². The Hall–Kier alpha value is -1.91. The molecule has 0 saturated carbocycles. The van der Waals surface area contributed by atoms with Gasteiger partial charge in [-0.2, -0.15) is 0 Å². The van der Waals surface area contributed by atoms with E-state index in [9.17, 15) is 14.0 Å². The van der Waals surface area contributed by atoms with E-state index in [1.807, 2.05) is 11.8 Å². The predicted octanol–water partition coefficient (Wildman–Crippen LogP) is 1.26. The van der Waals surface area contributed by atoms with E-state index in [1.165, 1.54) is 12.1 Å². The number of likely N-dealkylation sites (tertiary alicyclic amines) is 1. The van der Waals surface area contributed by atoms with E-state index in [0.29, 0.717) is 31.9 Å². The van der Waals surface area contributed by atoms with Crippen LogP contribution in [0.1, 0.15) is 25.3 Å². The fourth-order valence-corrected chi connectivity index (χ4v) is 3.11. The van der Waals surface area contributed by atoms with Crippen LogP contribution in [0.2, 0.25) is 0 Å². The number of guanidine groups is 1. The van der Waals surface area contributed by atoms with E-state index in [1.54, 1.807) is 19.2 Å². The molecule has 0 aromatic heterocycles. The van der Waals surface area contributed by atoms with Crippen LogP contribution in [0.4, 0.5) is 4.39 Å². The van der Waals surface area contributed by atoms with Gasteiger partial charge in [0.15, 0.2) is 5.96 Å². The molecule has 2 amide bonds. The third-order valence-corrected chi connectivity index (χ3v) is 4.72. The van der Waals surface area contributed by atoms with Crippen molar-refractivity contribution in [3.8, 4) is 0 Å². The quantitative estimate of drug-likeness (QED) is 0.295. The maximum Gasteiger partial charge on any atom is 0.222 e. The average Bonchev–Trinajstić information content (AvgIpc) is 3.13. The molecular formula is C19H29FIN5O2. The highest BCUT2D eigenvalue weighted by Gasteiger charge is 2.26. The molecule has 0 radical (unpaired) electrons. The molecule has 9 heteroatoms. The molecule has 2 atom stereocenters. The molecule has 4 N–H and O–H groups in total. The van der Waals surface area contributed by atoms with Crippen LogP contribution in [0.3, 0.4) is 0 Å². The van der Waals surface area contributed by atoms with Gasteiger partial charge in [-0.25, -0.2) is 4.39 Å². The number of carbonyl (C=O) groups excluding carboxylic acids is 2. The lowest BCUT2D eigenvalue weighted by Crippen LogP contribution is -2.47. The SMILES string of the molecule is CCC(=O)N1CCC(NC(=NC)NCC(Cc2ccc(F)cc2)C(N)=O)C1.I. The molecule has 0 bridgehead atoms. The van der Waals surface area contributed by atoms with Crippen LogP contribution in [-0.2, 0) is 16.0 Å². The van der Waals surface area contributed by atoms with Crippen molar-refractivity contribution in [3.63, 3.8) is 0 Å². The minimum atomic E-state index is -0.448. The number of nitrogens with zero attached hydrogens (tertiary/aromatic N) is 2. The summed E-state index contributed by atoms with van der Waals surface area (Å²) in [4.78, 5) is 29.6. The second kappa shape index (κ2) is 11.8. The van der Waals surface area contributed by atoms with Crippen LogP contribution in [0.15, 0.2) is 29.3 Å². The average molecular weight is 505 g/mol. The summed E-state index contributed by atoms with van der Waals surface area (Å²) in [6.07, 6.45) is 1.77. The zero-order valence-electron chi connectivity index (χ0n) is 16.3. The zero-order chi connectivity index (χ0) is 19.8. The third kappa shape index (κ3) is 7.25. The van der Waals surface area contributed by atoms with Crippen LogP contribution in [0.25, 0.3) is 0 Å². The fourth-order valence-electron chi connectivity index (χ4n) is 3.11. The van der Waals surface area contributed by atoms with Gasteiger partial charge in [-0.3, -0.25) is 14.6 Å². The lowest BCUT2D eigenvalue weighted by atomic mass is 9.98. The lowest BCUT2D eigenvalue weighted by molar-refractivity contribution is -0.129. The Balaban J connectivity index is 0.00000392. The summed E-state index contributed by atoms with van der Waals surface area (Å²) in [5, 5.41) is 6.41. The summed E-state index contributed by atoms with van der Waals surface area (Å²) >= 11 is 0. The topological polar surface area (TPSA) is 99.8 Å². The Kier molecular flexibility index (Phi) is 10.2. The van der Waals surface area contributed by atoms with Gasteiger partial charge in [-0.05, 0) is 30.5 Å². The van der Waals surface area contributed by atoms with Crippen molar-refractivity contribution in [2.45, 2.75) is 32.2 Å². The molecule has 1 aliphatic heterocycles. The number of carbonyl (C=O) groups is 2. The van der Waals surface area contributed by atoms with Crippen molar-refractivity contribution in [1.29, 1.82) is 0 Å². The summed E-state index contributed by atoms with van der Waals surface area (Å²) < 4.78 is 13.0. The largest absolute Gasteiger partial charge is 0.369 e. The maximum atomic E-state index is 13.0. The first-order chi connectivity index (χ1) is 12.9. The minimum absolute atomic E-state index is 0. The Bertz CT molecular complexity index is 683. The monoisotopic (exact) mass is 505 g/mol. The summed E-state index contributed by atoms with van der Waals surface area (Å²) in [5.41, 5.74) is 6.36. The number of benzene rings is 1. The number of amides is 2. The first kappa shape index (κ1) is 24.1. The van der Waals surface area contributed by atoms with Crippen molar-refractivity contribution in [2.75, 3.05) is 26.7 Å². The molecule has 1 aromatic carbocycles. The number of halogens is 2. The first-order valence-electron chi connectivity index (χ1n) is 9.21. The first-order valence-corrected chi connectivity index (χ1v) is 9.21. The van der Waals surface area contributed by atoms with E-state index in [4.69, 9.17) is 5.73 Å². The molecule has 1 aliphatic rings. The fraction of sp³-hybridized carbons (Fsp3) is 0.526. The van der Waals surface area contributed by atoms with Crippen LogP contribution in [0.5, 0.6) is 0 Å². The molecule has 2 unspecified atom stereocenters. The van der Waals surface area contributed by atoms with E-state index >= 15 is 0 Å². The third-order valence-electron chi connectivity index (χ3n) is 4.72. The molecule has 7 nitrogen and oxygen atoms in total. The van der Waals surface area contributed by atoms with Gasteiger partial charge in [-0.15, -0.1) is 24.0 Å². The molecule has 28 heavy (non-hydrogen) atoms. The number of nitrogens with two attached hydrogens (primary N) is 1. The molecule has 156 valence electrons. The number of hydrogen-bond donors (Lipinski definition) is 3. The molecular weight excluding hydrogens is 476 g/mol. The number of aliphatic imine (C=N–C) groups is 1. The van der Waals surface area contributed by atoms with Crippen molar-refractivity contribution >= 4 is 41.8 Å². The van der Waals surface area contributed by atoms with Crippen LogP contribution >= 0.6 is 24.0 Å². The summed E-state index contributed by atoms with van der Waals surface area (Å²) in [6.45, 7) is 3.55. The van der Waals surface area contributed by atoms with Gasteiger partial charge in [0, 0.05) is 39.1 Å². The van der Waals surface area contributed by atoms with E-state index < -0.39 is 11.8 Å². The van der Waals surface area contributed by atoms with E-state index in [0.717, 1.165) is 18.5 Å². The van der Waals surface area contributed by atoms with Crippen LogP contribution < -0.4 is 16.4 Å². The predicted molar refractivity (Wildman–Crippen MR) is 118 cm³/mol. The van der Waals surface area contributed by atoms with E-state index in [2.05, 4.69) is 15.6 Å². The highest BCUT2D eigenvalue weighted by Crippen LogP contribution is 2.11. The molecule has 2 rings (SSSR count). The van der Waals surface area contributed by atoms with Crippen LogP contribution in [0, 0.1) is 11.7 Å². The van der Waals surface area contributed by atoms with E-state index in [-0.39, 0.29) is 41.7 Å². The summed E-state index contributed by atoms with van der Waals surface area (Å²) in [5.74, 6) is -0.477. The van der Waals surface area contributed by atoms with Gasteiger partial charge in [0.05, 0.1) is 5.92 Å². The summed E-state index contributed by atoms with van der Waals surface area (Å²) in [6, 6.07) is 6.15. The number of rotatable bonds is 7. The normalized spacial score (nSPS) is 17.6. The Morgan fingerprint density at radius 1 is 1.36 bits per heavy atom. The number of hydrogen-bond acceptors (Lipinski definition) is 3. The van der Waals surface area contributed by atoms with Crippen molar-refractivity contribution < 1.29 is 14.0 Å². The molecule has 0 spiro atoms. The summed E-state index contributed by atoms with van der Waals surface area (Å²) in [7, 11) is 1.65. The van der Waals surface area contributed by atoms with Gasteiger partial charge >= 0.3 is 0 Å². The Morgan fingerprint density at radius 2 is 2.04 bits per heavy atom. The Labute approximate surface area is 182 Å².